The lowest BCUT2D eigenvalue weighted by Crippen LogP contribution is -2.46. The number of hydrogen-bond donors (Lipinski definition) is 2. The summed E-state index contributed by atoms with van der Waals surface area (Å²) in [5.74, 6) is -1.29. The number of ketones is 1. The minimum atomic E-state index is -0.770. The van der Waals surface area contributed by atoms with Crippen molar-refractivity contribution in [3.8, 4) is 11.5 Å². The van der Waals surface area contributed by atoms with Crippen molar-refractivity contribution in [1.29, 1.82) is 0 Å². The lowest BCUT2D eigenvalue weighted by atomic mass is 10.1. The van der Waals surface area contributed by atoms with E-state index in [9.17, 15) is 19.2 Å². The van der Waals surface area contributed by atoms with Crippen molar-refractivity contribution in [2.75, 3.05) is 26.9 Å². The van der Waals surface area contributed by atoms with Crippen molar-refractivity contribution in [3.63, 3.8) is 0 Å². The number of rotatable bonds is 10. The van der Waals surface area contributed by atoms with Gasteiger partial charge in [0.1, 0.15) is 6.04 Å². The van der Waals surface area contributed by atoms with Crippen molar-refractivity contribution in [2.24, 2.45) is 0 Å². The number of carbonyl (C=O) groups excluding carboxylic acids is 4. The van der Waals surface area contributed by atoms with E-state index in [1.807, 2.05) is 0 Å². The third kappa shape index (κ3) is 7.35. The second-order valence-electron chi connectivity index (χ2n) is 5.55. The molecule has 0 aromatic heterocycles. The van der Waals surface area contributed by atoms with Gasteiger partial charge in [0, 0.05) is 12.1 Å². The number of likely N-dealkylation sites (N-methyl/N-ethyl adjacent to an activating group) is 1. The Bertz CT molecular complexity index is 703. The molecule has 0 unspecified atom stereocenters. The highest BCUT2D eigenvalue weighted by molar-refractivity contribution is 5.94. The van der Waals surface area contributed by atoms with Crippen molar-refractivity contribution in [3.05, 3.63) is 23.8 Å². The van der Waals surface area contributed by atoms with E-state index in [1.54, 1.807) is 13.0 Å². The summed E-state index contributed by atoms with van der Waals surface area (Å²) in [6.07, 6.45) is 0. The van der Waals surface area contributed by atoms with Crippen LogP contribution >= 0.6 is 0 Å². The molecule has 0 saturated carbocycles. The van der Waals surface area contributed by atoms with Crippen LogP contribution < -0.4 is 20.1 Å². The fourth-order valence-electron chi connectivity index (χ4n) is 2.01. The lowest BCUT2D eigenvalue weighted by molar-refractivity contribution is -0.150. The largest absolute Gasteiger partial charge is 0.493 e. The molecule has 0 aliphatic heterocycles. The molecule has 9 heteroatoms. The van der Waals surface area contributed by atoms with Gasteiger partial charge >= 0.3 is 5.97 Å². The molecule has 0 fully saturated rings. The number of esters is 1. The van der Waals surface area contributed by atoms with Gasteiger partial charge in [-0.05, 0) is 39.0 Å². The zero-order valence-electron chi connectivity index (χ0n) is 15.8. The molecular formula is C18H24N2O7. The Morgan fingerprint density at radius 3 is 2.41 bits per heavy atom. The van der Waals surface area contributed by atoms with Crippen LogP contribution in [-0.2, 0) is 19.1 Å². The van der Waals surface area contributed by atoms with E-state index in [2.05, 4.69) is 10.6 Å². The standard InChI is InChI=1S/C18H24N2O7/c1-5-19-18(24)11(2)20-16(22)9-27-17(23)10-26-14-7-6-13(12(3)21)8-15(14)25-4/h6-8,11H,5,9-10H2,1-4H3,(H,19,24)(H,20,22)/t11-/m1/s1. The minimum absolute atomic E-state index is 0.132. The van der Waals surface area contributed by atoms with E-state index in [1.165, 1.54) is 33.1 Å². The smallest absolute Gasteiger partial charge is 0.344 e. The third-order valence-corrected chi connectivity index (χ3v) is 3.40. The molecule has 27 heavy (non-hydrogen) atoms. The molecule has 1 aromatic carbocycles. The summed E-state index contributed by atoms with van der Waals surface area (Å²) in [7, 11) is 1.41. The second-order valence-corrected chi connectivity index (χ2v) is 5.55. The first-order valence-corrected chi connectivity index (χ1v) is 8.32. The first-order valence-electron chi connectivity index (χ1n) is 8.32. The summed E-state index contributed by atoms with van der Waals surface area (Å²) in [5, 5.41) is 4.97. The van der Waals surface area contributed by atoms with Crippen LogP contribution in [0.25, 0.3) is 0 Å². The van der Waals surface area contributed by atoms with Crippen LogP contribution in [0.15, 0.2) is 18.2 Å². The zero-order valence-corrected chi connectivity index (χ0v) is 15.8. The average molecular weight is 380 g/mol. The number of amides is 2. The number of carbonyl (C=O) groups is 4. The molecule has 1 rings (SSSR count). The van der Waals surface area contributed by atoms with Crippen molar-refractivity contribution >= 4 is 23.6 Å². The molecule has 0 bridgehead atoms. The Kier molecular flexibility index (Phi) is 8.77. The monoisotopic (exact) mass is 380 g/mol. The van der Waals surface area contributed by atoms with Gasteiger partial charge in [-0.25, -0.2) is 4.79 Å². The Morgan fingerprint density at radius 2 is 1.81 bits per heavy atom. The van der Waals surface area contributed by atoms with Crippen LogP contribution in [0.3, 0.4) is 0 Å². The van der Waals surface area contributed by atoms with E-state index >= 15 is 0 Å². The maximum atomic E-state index is 11.7. The summed E-state index contributed by atoms with van der Waals surface area (Å²) in [4.78, 5) is 46.3. The van der Waals surface area contributed by atoms with Crippen molar-refractivity contribution in [1.82, 2.24) is 10.6 Å². The molecule has 2 N–H and O–H groups in total. The normalized spacial score (nSPS) is 11.1. The van der Waals surface area contributed by atoms with Crippen LogP contribution in [-0.4, -0.2) is 56.5 Å². The second kappa shape index (κ2) is 10.8. The van der Waals surface area contributed by atoms with E-state index in [0.717, 1.165) is 0 Å². The number of methoxy groups -OCH3 is 1. The summed E-state index contributed by atoms with van der Waals surface area (Å²) < 4.78 is 15.2. The molecule has 0 aliphatic carbocycles. The Morgan fingerprint density at radius 1 is 1.11 bits per heavy atom. The molecule has 0 spiro atoms. The number of Topliss-reactive ketones (excluding diaryl/α,β-unsaturated/α-hetero) is 1. The Labute approximate surface area is 157 Å². The molecule has 2 amide bonds. The van der Waals surface area contributed by atoms with Gasteiger partial charge in [-0.15, -0.1) is 0 Å². The van der Waals surface area contributed by atoms with E-state index < -0.39 is 31.1 Å². The highest BCUT2D eigenvalue weighted by Gasteiger charge is 2.16. The van der Waals surface area contributed by atoms with Crippen molar-refractivity contribution in [2.45, 2.75) is 26.8 Å². The molecule has 9 nitrogen and oxygen atoms in total. The van der Waals surface area contributed by atoms with Crippen LogP contribution in [0.1, 0.15) is 31.1 Å². The Hall–Kier alpha value is -3.10. The number of hydrogen-bond acceptors (Lipinski definition) is 7. The Balaban J connectivity index is 2.46. The average Bonchev–Trinajstić information content (AvgIpc) is 2.64. The number of ether oxygens (including phenoxy) is 3. The predicted molar refractivity (Wildman–Crippen MR) is 95.7 cm³/mol. The summed E-state index contributed by atoms with van der Waals surface area (Å²) in [6.45, 7) is 4.16. The van der Waals surface area contributed by atoms with Gasteiger partial charge in [-0.3, -0.25) is 14.4 Å². The van der Waals surface area contributed by atoms with Gasteiger partial charge in [0.25, 0.3) is 5.91 Å². The molecule has 0 aliphatic rings. The fourth-order valence-corrected chi connectivity index (χ4v) is 2.01. The van der Waals surface area contributed by atoms with Crippen LogP contribution in [0.4, 0.5) is 0 Å². The summed E-state index contributed by atoms with van der Waals surface area (Å²) in [6, 6.07) is 3.81. The van der Waals surface area contributed by atoms with Gasteiger partial charge in [0.05, 0.1) is 7.11 Å². The fraction of sp³-hybridized carbons (Fsp3) is 0.444. The molecule has 148 valence electrons. The van der Waals surface area contributed by atoms with Gasteiger partial charge in [-0.1, -0.05) is 0 Å². The van der Waals surface area contributed by atoms with E-state index in [0.29, 0.717) is 17.9 Å². The van der Waals surface area contributed by atoms with Gasteiger partial charge in [0.15, 0.2) is 30.5 Å². The predicted octanol–water partition coefficient (Wildman–Crippen LogP) is 0.461. The highest BCUT2D eigenvalue weighted by Crippen LogP contribution is 2.28. The first kappa shape index (κ1) is 21.9. The topological polar surface area (TPSA) is 120 Å². The lowest BCUT2D eigenvalue weighted by Gasteiger charge is -2.14. The maximum absolute atomic E-state index is 11.7. The van der Waals surface area contributed by atoms with Crippen LogP contribution in [0.5, 0.6) is 11.5 Å². The number of nitrogens with one attached hydrogen (secondary N) is 2. The molecule has 1 aromatic rings. The number of benzene rings is 1. The molecule has 1 atom stereocenters. The first-order chi connectivity index (χ1) is 12.8. The molecule has 0 heterocycles. The maximum Gasteiger partial charge on any atom is 0.344 e. The third-order valence-electron chi connectivity index (χ3n) is 3.40. The van der Waals surface area contributed by atoms with Gasteiger partial charge in [0.2, 0.25) is 5.91 Å². The van der Waals surface area contributed by atoms with Crippen LogP contribution in [0, 0.1) is 0 Å². The van der Waals surface area contributed by atoms with Crippen molar-refractivity contribution < 1.29 is 33.4 Å². The summed E-state index contributed by atoms with van der Waals surface area (Å²) in [5.41, 5.74) is 0.444. The summed E-state index contributed by atoms with van der Waals surface area (Å²) >= 11 is 0. The molecule has 0 saturated heterocycles. The van der Waals surface area contributed by atoms with Gasteiger partial charge in [-0.2, -0.15) is 0 Å². The van der Waals surface area contributed by atoms with E-state index in [4.69, 9.17) is 14.2 Å². The SMILES string of the molecule is CCNC(=O)[C@@H](C)NC(=O)COC(=O)COc1ccc(C(C)=O)cc1OC. The molecular weight excluding hydrogens is 356 g/mol. The quantitative estimate of drug-likeness (QED) is 0.447. The minimum Gasteiger partial charge on any atom is -0.493 e. The van der Waals surface area contributed by atoms with Gasteiger partial charge < -0.3 is 24.8 Å². The molecule has 0 radical (unpaired) electrons. The zero-order chi connectivity index (χ0) is 20.4. The van der Waals surface area contributed by atoms with Crippen LogP contribution in [0.2, 0.25) is 0 Å². The highest BCUT2D eigenvalue weighted by atomic mass is 16.6. The van der Waals surface area contributed by atoms with E-state index in [-0.39, 0.29) is 17.4 Å².